The molecule has 0 bridgehead atoms. The van der Waals surface area contributed by atoms with Crippen LogP contribution in [0.15, 0.2) is 30.3 Å². The van der Waals surface area contributed by atoms with Crippen molar-refractivity contribution in [1.29, 1.82) is 0 Å². The summed E-state index contributed by atoms with van der Waals surface area (Å²) in [6.07, 6.45) is 1.19. The summed E-state index contributed by atoms with van der Waals surface area (Å²) in [6.45, 7) is 3.15. The normalized spacial score (nSPS) is 19.7. The van der Waals surface area contributed by atoms with Crippen LogP contribution in [0, 0.1) is 0 Å². The molecule has 0 saturated carbocycles. The first-order valence-electron chi connectivity index (χ1n) is 6.73. The molecule has 1 unspecified atom stereocenters. The zero-order valence-electron chi connectivity index (χ0n) is 11.6. The van der Waals surface area contributed by atoms with Gasteiger partial charge in [-0.15, -0.1) is 0 Å². The molecule has 0 aromatic heterocycles. The topological polar surface area (TPSA) is 55.6 Å². The number of nitrogens with two attached hydrogens (primary N) is 1. The molecule has 2 rings (SSSR count). The molecule has 1 aromatic rings. The van der Waals surface area contributed by atoms with E-state index in [4.69, 9.17) is 10.5 Å². The van der Waals surface area contributed by atoms with Crippen molar-refractivity contribution >= 4 is 5.91 Å². The number of nitrogens with zero attached hydrogens (tertiary/aromatic N) is 1. The van der Waals surface area contributed by atoms with Crippen LogP contribution < -0.4 is 5.73 Å². The van der Waals surface area contributed by atoms with Crippen LogP contribution in [0.4, 0.5) is 0 Å². The van der Waals surface area contributed by atoms with Gasteiger partial charge in [-0.25, -0.2) is 0 Å². The first-order chi connectivity index (χ1) is 9.04. The lowest BCUT2D eigenvalue weighted by atomic mass is 9.89. The molecule has 1 aromatic carbocycles. The van der Waals surface area contributed by atoms with Gasteiger partial charge in [-0.1, -0.05) is 30.3 Å². The number of likely N-dealkylation sites (N-methyl/N-ethyl adjacent to an activating group) is 1. The van der Waals surface area contributed by atoms with Gasteiger partial charge in [-0.3, -0.25) is 4.79 Å². The maximum atomic E-state index is 12.6. The van der Waals surface area contributed by atoms with E-state index in [1.807, 2.05) is 44.3 Å². The van der Waals surface area contributed by atoms with E-state index in [1.54, 1.807) is 4.90 Å². The van der Waals surface area contributed by atoms with Crippen LogP contribution in [-0.4, -0.2) is 36.6 Å². The summed E-state index contributed by atoms with van der Waals surface area (Å²) in [5.74, 6) is 0.00662. The highest BCUT2D eigenvalue weighted by Crippen LogP contribution is 2.25. The monoisotopic (exact) mass is 262 g/mol. The van der Waals surface area contributed by atoms with Crippen LogP contribution in [0.2, 0.25) is 0 Å². The van der Waals surface area contributed by atoms with Crippen LogP contribution in [-0.2, 0) is 9.53 Å². The number of benzene rings is 1. The Labute approximate surface area is 114 Å². The van der Waals surface area contributed by atoms with Crippen molar-refractivity contribution in [3.05, 3.63) is 35.9 Å². The molecule has 104 valence electrons. The second kappa shape index (κ2) is 5.72. The van der Waals surface area contributed by atoms with Crippen LogP contribution in [0.25, 0.3) is 0 Å². The van der Waals surface area contributed by atoms with Crippen molar-refractivity contribution in [3.8, 4) is 0 Å². The third-order valence-corrected chi connectivity index (χ3v) is 3.99. The van der Waals surface area contributed by atoms with Gasteiger partial charge in [0.15, 0.2) is 0 Å². The Kier molecular flexibility index (Phi) is 4.22. The van der Waals surface area contributed by atoms with Crippen LogP contribution in [0.1, 0.15) is 31.4 Å². The Morgan fingerprint density at radius 1 is 1.32 bits per heavy atom. The molecule has 1 aliphatic rings. The van der Waals surface area contributed by atoms with Crippen molar-refractivity contribution in [1.82, 2.24) is 4.90 Å². The van der Waals surface area contributed by atoms with E-state index < -0.39 is 5.54 Å². The van der Waals surface area contributed by atoms with Gasteiger partial charge in [0.05, 0.1) is 11.6 Å². The van der Waals surface area contributed by atoms with E-state index in [1.165, 1.54) is 0 Å². The van der Waals surface area contributed by atoms with E-state index in [0.717, 1.165) is 5.56 Å². The summed E-state index contributed by atoms with van der Waals surface area (Å²) < 4.78 is 5.29. The fraction of sp³-hybridized carbons (Fsp3) is 0.533. The minimum Gasteiger partial charge on any atom is -0.381 e. The van der Waals surface area contributed by atoms with Crippen molar-refractivity contribution < 1.29 is 9.53 Å². The number of ether oxygens (including phenoxy) is 1. The van der Waals surface area contributed by atoms with Gasteiger partial charge >= 0.3 is 0 Å². The molecule has 1 saturated heterocycles. The van der Waals surface area contributed by atoms with Gasteiger partial charge in [-0.05, 0) is 25.3 Å². The second-order valence-electron chi connectivity index (χ2n) is 5.27. The van der Waals surface area contributed by atoms with Gasteiger partial charge in [0.1, 0.15) is 0 Å². The quantitative estimate of drug-likeness (QED) is 0.902. The Hall–Kier alpha value is -1.39. The third kappa shape index (κ3) is 2.96. The van der Waals surface area contributed by atoms with E-state index in [9.17, 15) is 4.79 Å². The molecule has 1 fully saturated rings. The summed E-state index contributed by atoms with van der Waals surface area (Å²) >= 11 is 0. The van der Waals surface area contributed by atoms with Crippen molar-refractivity contribution in [2.24, 2.45) is 5.73 Å². The Balaban J connectivity index is 2.10. The van der Waals surface area contributed by atoms with E-state index in [2.05, 4.69) is 0 Å². The van der Waals surface area contributed by atoms with Gasteiger partial charge in [0.25, 0.3) is 0 Å². The number of carbonyl (C=O) groups is 1. The van der Waals surface area contributed by atoms with Gasteiger partial charge in [0, 0.05) is 20.3 Å². The molecule has 4 heteroatoms. The van der Waals surface area contributed by atoms with Crippen molar-refractivity contribution in [3.63, 3.8) is 0 Å². The predicted molar refractivity (Wildman–Crippen MR) is 74.6 cm³/mol. The molecule has 1 heterocycles. The Morgan fingerprint density at radius 2 is 1.89 bits per heavy atom. The third-order valence-electron chi connectivity index (χ3n) is 3.99. The number of hydrogen-bond donors (Lipinski definition) is 1. The standard InChI is InChI=1S/C15H22N2O2/c1-12(13-6-4-3-5-7-13)17(2)14(18)15(16)8-10-19-11-9-15/h3-7,12H,8-11,16H2,1-2H3. The number of amides is 1. The largest absolute Gasteiger partial charge is 0.381 e. The minimum atomic E-state index is -0.768. The van der Waals surface area contributed by atoms with E-state index >= 15 is 0 Å². The smallest absolute Gasteiger partial charge is 0.243 e. The lowest BCUT2D eigenvalue weighted by molar-refractivity contribution is -0.141. The maximum Gasteiger partial charge on any atom is 0.243 e. The number of carbonyl (C=O) groups excluding carboxylic acids is 1. The highest BCUT2D eigenvalue weighted by molar-refractivity contribution is 5.86. The molecule has 0 radical (unpaired) electrons. The molecule has 0 spiro atoms. The molecular formula is C15H22N2O2. The summed E-state index contributed by atoms with van der Waals surface area (Å²) in [7, 11) is 1.82. The maximum absolute atomic E-state index is 12.6. The lowest BCUT2D eigenvalue weighted by Crippen LogP contribution is -2.57. The zero-order chi connectivity index (χ0) is 13.9. The van der Waals surface area contributed by atoms with E-state index in [0.29, 0.717) is 26.1 Å². The molecule has 4 nitrogen and oxygen atoms in total. The van der Waals surface area contributed by atoms with Crippen molar-refractivity contribution in [2.75, 3.05) is 20.3 Å². The Bertz CT molecular complexity index is 427. The van der Waals surface area contributed by atoms with Crippen LogP contribution in [0.5, 0.6) is 0 Å². The molecule has 1 atom stereocenters. The molecular weight excluding hydrogens is 240 g/mol. The number of hydrogen-bond acceptors (Lipinski definition) is 3. The van der Waals surface area contributed by atoms with Gasteiger partial charge in [0.2, 0.25) is 5.91 Å². The molecule has 19 heavy (non-hydrogen) atoms. The SMILES string of the molecule is CC(c1ccccc1)N(C)C(=O)C1(N)CCOCC1. The summed E-state index contributed by atoms with van der Waals surface area (Å²) in [5.41, 5.74) is 6.60. The first-order valence-corrected chi connectivity index (χ1v) is 6.73. The summed E-state index contributed by atoms with van der Waals surface area (Å²) in [6, 6.07) is 10.0. The van der Waals surface area contributed by atoms with E-state index in [-0.39, 0.29) is 11.9 Å². The van der Waals surface area contributed by atoms with Gasteiger partial charge in [-0.2, -0.15) is 0 Å². The average Bonchev–Trinajstić information content (AvgIpc) is 2.46. The highest BCUT2D eigenvalue weighted by Gasteiger charge is 2.39. The fourth-order valence-corrected chi connectivity index (χ4v) is 2.43. The minimum absolute atomic E-state index is 0.00662. The fourth-order valence-electron chi connectivity index (χ4n) is 2.43. The predicted octanol–water partition coefficient (Wildman–Crippen LogP) is 1.71. The summed E-state index contributed by atoms with van der Waals surface area (Å²) in [5, 5.41) is 0. The molecule has 0 aliphatic carbocycles. The van der Waals surface area contributed by atoms with Crippen LogP contribution >= 0.6 is 0 Å². The highest BCUT2D eigenvalue weighted by atomic mass is 16.5. The lowest BCUT2D eigenvalue weighted by Gasteiger charge is -2.37. The zero-order valence-corrected chi connectivity index (χ0v) is 11.6. The van der Waals surface area contributed by atoms with Gasteiger partial charge < -0.3 is 15.4 Å². The summed E-state index contributed by atoms with van der Waals surface area (Å²) in [4.78, 5) is 14.3. The molecule has 2 N–H and O–H groups in total. The molecule has 1 aliphatic heterocycles. The Morgan fingerprint density at radius 3 is 2.47 bits per heavy atom. The van der Waals surface area contributed by atoms with Crippen LogP contribution in [0.3, 0.4) is 0 Å². The first kappa shape index (κ1) is 14.0. The average molecular weight is 262 g/mol. The number of rotatable bonds is 3. The molecule has 1 amide bonds. The van der Waals surface area contributed by atoms with Crippen molar-refractivity contribution in [2.45, 2.75) is 31.3 Å². The second-order valence-corrected chi connectivity index (χ2v) is 5.27.